The Hall–Kier alpha value is -2.90. The van der Waals surface area contributed by atoms with Gasteiger partial charge in [-0.15, -0.1) is 10.3 Å². The van der Waals surface area contributed by atoms with Gasteiger partial charge >= 0.3 is 0 Å². The van der Waals surface area contributed by atoms with Gasteiger partial charge in [0.05, 0.1) is 12.0 Å². The molecule has 2 atom stereocenters. The zero-order valence-electron chi connectivity index (χ0n) is 16.3. The molecule has 0 N–H and O–H groups in total. The summed E-state index contributed by atoms with van der Waals surface area (Å²) in [6.45, 7) is 0. The van der Waals surface area contributed by atoms with E-state index in [9.17, 15) is 0 Å². The Morgan fingerprint density at radius 1 is 0.774 bits per heavy atom. The molecule has 1 aliphatic heterocycles. The van der Waals surface area contributed by atoms with Crippen LogP contribution in [0.3, 0.4) is 0 Å². The van der Waals surface area contributed by atoms with Crippen molar-refractivity contribution in [2.45, 2.75) is 12.1 Å². The molecule has 4 aromatic rings. The van der Waals surface area contributed by atoms with E-state index in [0.29, 0.717) is 0 Å². The van der Waals surface area contributed by atoms with Crippen molar-refractivity contribution in [3.8, 4) is 5.75 Å². The Morgan fingerprint density at radius 2 is 1.45 bits per heavy atom. The molecule has 0 fully saturated rings. The van der Waals surface area contributed by atoms with Gasteiger partial charge in [0.2, 0.25) is 0 Å². The standard InChI is InChI=1S/C24H18Br2N4O/c25-19-10-6-17(7-11-19)22-24(29-15-14-27-16-29)23(18-8-12-20(26)13-9-18)30(28-22)31-21-4-2-1-3-5-21/h1-16,23-24H. The van der Waals surface area contributed by atoms with E-state index >= 15 is 0 Å². The van der Waals surface area contributed by atoms with Gasteiger partial charge < -0.3 is 9.40 Å². The molecule has 0 saturated heterocycles. The normalized spacial score (nSPS) is 18.1. The summed E-state index contributed by atoms with van der Waals surface area (Å²) in [6, 6.07) is 25.9. The van der Waals surface area contributed by atoms with Gasteiger partial charge in [-0.1, -0.05) is 74.3 Å². The molecule has 3 aromatic carbocycles. The number of hydrogen-bond donors (Lipinski definition) is 0. The van der Waals surface area contributed by atoms with Crippen LogP contribution in [0.15, 0.2) is 112 Å². The van der Waals surface area contributed by atoms with Crippen LogP contribution in [0.25, 0.3) is 0 Å². The molecule has 2 unspecified atom stereocenters. The summed E-state index contributed by atoms with van der Waals surface area (Å²) in [7, 11) is 0. The fraction of sp³-hybridized carbons (Fsp3) is 0.0833. The van der Waals surface area contributed by atoms with Crippen LogP contribution in [0.5, 0.6) is 5.75 Å². The van der Waals surface area contributed by atoms with Gasteiger partial charge in [-0.05, 0) is 42.0 Å². The summed E-state index contributed by atoms with van der Waals surface area (Å²) in [5.41, 5.74) is 3.03. The molecule has 7 heteroatoms. The number of hydrazone groups is 1. The second kappa shape index (κ2) is 8.69. The van der Waals surface area contributed by atoms with E-state index in [1.807, 2.05) is 67.1 Å². The lowest BCUT2D eigenvalue weighted by molar-refractivity contribution is -0.0923. The fourth-order valence-electron chi connectivity index (χ4n) is 3.72. The Bertz CT molecular complexity index is 1180. The largest absolute Gasteiger partial charge is 0.362 e. The number of aromatic nitrogens is 2. The molecular weight excluding hydrogens is 520 g/mol. The maximum Gasteiger partial charge on any atom is 0.157 e. The van der Waals surface area contributed by atoms with Crippen molar-refractivity contribution in [1.82, 2.24) is 14.7 Å². The minimum absolute atomic E-state index is 0.117. The molecule has 1 aromatic heterocycles. The second-order valence-corrected chi connectivity index (χ2v) is 8.98. The van der Waals surface area contributed by atoms with Gasteiger partial charge in [0, 0.05) is 26.9 Å². The summed E-state index contributed by atoms with van der Waals surface area (Å²) < 4.78 is 4.14. The van der Waals surface area contributed by atoms with Crippen molar-refractivity contribution in [2.24, 2.45) is 5.10 Å². The number of benzene rings is 3. The quantitative estimate of drug-likeness (QED) is 0.295. The van der Waals surface area contributed by atoms with Crippen LogP contribution < -0.4 is 4.84 Å². The van der Waals surface area contributed by atoms with E-state index < -0.39 is 0 Å². The highest BCUT2D eigenvalue weighted by atomic mass is 79.9. The maximum absolute atomic E-state index is 6.27. The molecule has 2 heterocycles. The number of rotatable bonds is 5. The molecule has 0 saturated carbocycles. The predicted octanol–water partition coefficient (Wildman–Crippen LogP) is 6.40. The van der Waals surface area contributed by atoms with E-state index in [4.69, 9.17) is 9.94 Å². The van der Waals surface area contributed by atoms with Crippen LogP contribution in [0.2, 0.25) is 0 Å². The SMILES string of the molecule is Brc1ccc(C2=NN(Oc3ccccc3)C(c3ccc(Br)cc3)C2n2ccnc2)cc1. The number of imidazole rings is 1. The molecule has 154 valence electrons. The molecule has 0 aliphatic carbocycles. The van der Waals surface area contributed by atoms with Crippen molar-refractivity contribution in [3.05, 3.63) is 118 Å². The topological polar surface area (TPSA) is 42.6 Å². The Labute approximate surface area is 197 Å². The van der Waals surface area contributed by atoms with Gasteiger partial charge in [-0.25, -0.2) is 4.98 Å². The van der Waals surface area contributed by atoms with Gasteiger partial charge in [-0.3, -0.25) is 0 Å². The number of halogens is 2. The van der Waals surface area contributed by atoms with Crippen LogP contribution >= 0.6 is 31.9 Å². The molecular formula is C24H18Br2N4O. The van der Waals surface area contributed by atoms with E-state index in [0.717, 1.165) is 31.5 Å². The van der Waals surface area contributed by atoms with Crippen molar-refractivity contribution in [1.29, 1.82) is 0 Å². The summed E-state index contributed by atoms with van der Waals surface area (Å²) >= 11 is 7.06. The first kappa shape index (κ1) is 20.0. The highest BCUT2D eigenvalue weighted by Crippen LogP contribution is 2.41. The second-order valence-electron chi connectivity index (χ2n) is 7.15. The summed E-state index contributed by atoms with van der Waals surface area (Å²) in [6.07, 6.45) is 5.59. The predicted molar refractivity (Wildman–Crippen MR) is 128 cm³/mol. The summed E-state index contributed by atoms with van der Waals surface area (Å²) in [4.78, 5) is 10.6. The fourth-order valence-corrected chi connectivity index (χ4v) is 4.25. The van der Waals surface area contributed by atoms with Crippen molar-refractivity contribution >= 4 is 37.6 Å². The number of nitrogens with zero attached hydrogens (tertiary/aromatic N) is 4. The Kier molecular flexibility index (Phi) is 5.61. The number of para-hydroxylation sites is 1. The highest BCUT2D eigenvalue weighted by Gasteiger charge is 2.42. The van der Waals surface area contributed by atoms with Gasteiger partial charge in [-0.2, -0.15) is 0 Å². The Balaban J connectivity index is 1.63. The van der Waals surface area contributed by atoms with Gasteiger partial charge in [0.15, 0.2) is 5.75 Å². The molecule has 5 nitrogen and oxygen atoms in total. The molecule has 1 aliphatic rings. The molecule has 5 rings (SSSR count). The zero-order chi connectivity index (χ0) is 21.2. The average molecular weight is 538 g/mol. The minimum atomic E-state index is -0.179. The minimum Gasteiger partial charge on any atom is -0.362 e. The smallest absolute Gasteiger partial charge is 0.157 e. The van der Waals surface area contributed by atoms with E-state index in [2.05, 4.69) is 65.7 Å². The van der Waals surface area contributed by atoms with E-state index in [1.54, 1.807) is 11.4 Å². The molecule has 0 amide bonds. The monoisotopic (exact) mass is 536 g/mol. The maximum atomic E-state index is 6.27. The number of hydrogen-bond acceptors (Lipinski definition) is 4. The summed E-state index contributed by atoms with van der Waals surface area (Å²) in [5, 5.41) is 6.66. The summed E-state index contributed by atoms with van der Waals surface area (Å²) in [5.74, 6) is 0.731. The van der Waals surface area contributed by atoms with Crippen LogP contribution in [0.4, 0.5) is 0 Å². The Morgan fingerprint density at radius 3 is 2.10 bits per heavy atom. The third-order valence-electron chi connectivity index (χ3n) is 5.16. The molecule has 31 heavy (non-hydrogen) atoms. The first-order valence-corrected chi connectivity index (χ1v) is 11.4. The van der Waals surface area contributed by atoms with Crippen molar-refractivity contribution < 1.29 is 4.84 Å². The lowest BCUT2D eigenvalue weighted by Gasteiger charge is -2.28. The first-order chi connectivity index (χ1) is 15.2. The number of hydroxylamine groups is 1. The first-order valence-electron chi connectivity index (χ1n) is 9.78. The third kappa shape index (κ3) is 4.16. The van der Waals surface area contributed by atoms with E-state index in [-0.39, 0.29) is 12.1 Å². The molecule has 0 radical (unpaired) electrons. The third-order valence-corrected chi connectivity index (χ3v) is 6.22. The zero-order valence-corrected chi connectivity index (χ0v) is 19.5. The molecule has 0 spiro atoms. The van der Waals surface area contributed by atoms with Crippen LogP contribution in [0, 0.1) is 0 Å². The average Bonchev–Trinajstić information content (AvgIpc) is 3.44. The molecule has 0 bridgehead atoms. The highest BCUT2D eigenvalue weighted by molar-refractivity contribution is 9.10. The van der Waals surface area contributed by atoms with Gasteiger partial charge in [0.1, 0.15) is 12.1 Å². The lowest BCUT2D eigenvalue weighted by Crippen LogP contribution is -2.30. The lowest BCUT2D eigenvalue weighted by atomic mass is 9.93. The van der Waals surface area contributed by atoms with Crippen LogP contribution in [-0.2, 0) is 0 Å². The van der Waals surface area contributed by atoms with Crippen molar-refractivity contribution in [3.63, 3.8) is 0 Å². The van der Waals surface area contributed by atoms with E-state index in [1.165, 1.54) is 0 Å². The van der Waals surface area contributed by atoms with Crippen LogP contribution in [-0.4, -0.2) is 20.4 Å². The van der Waals surface area contributed by atoms with Crippen molar-refractivity contribution in [2.75, 3.05) is 0 Å². The van der Waals surface area contributed by atoms with Crippen LogP contribution in [0.1, 0.15) is 23.2 Å². The van der Waals surface area contributed by atoms with Gasteiger partial charge in [0.25, 0.3) is 0 Å².